The zero-order chi connectivity index (χ0) is 11.7. The monoisotopic (exact) mass is 228 g/mol. The van der Waals surface area contributed by atoms with Crippen molar-refractivity contribution in [1.29, 1.82) is 0 Å². The van der Waals surface area contributed by atoms with E-state index in [1.807, 2.05) is 12.1 Å². The molecule has 0 radical (unpaired) electrons. The first kappa shape index (κ1) is 11.0. The molecule has 0 N–H and O–H groups in total. The van der Waals surface area contributed by atoms with Gasteiger partial charge in [-0.2, -0.15) is 0 Å². The van der Waals surface area contributed by atoms with Crippen molar-refractivity contribution in [1.82, 2.24) is 0 Å². The summed E-state index contributed by atoms with van der Waals surface area (Å²) in [5, 5.41) is 0. The second-order valence-electron chi connectivity index (χ2n) is 5.66. The first-order valence-corrected chi connectivity index (χ1v) is 6.96. The summed E-state index contributed by atoms with van der Waals surface area (Å²) in [6.45, 7) is 0. The van der Waals surface area contributed by atoms with E-state index < -0.39 is 0 Å². The molecule has 1 saturated carbocycles. The highest BCUT2D eigenvalue weighted by Gasteiger charge is 2.31. The fraction of sp³-hybridized carbons (Fsp3) is 0.562. The number of rotatable bonds is 2. The maximum atomic E-state index is 12.3. The Morgan fingerprint density at radius 1 is 1.06 bits per heavy atom. The fourth-order valence-corrected chi connectivity index (χ4v) is 3.53. The van der Waals surface area contributed by atoms with Crippen LogP contribution in [0.5, 0.6) is 0 Å². The molecule has 17 heavy (non-hydrogen) atoms. The minimum Gasteiger partial charge on any atom is -0.294 e. The SMILES string of the molecule is O=C1c2ccccc2CC1CC1CCCCC1. The highest BCUT2D eigenvalue weighted by Crippen LogP contribution is 2.35. The molecule has 0 spiro atoms. The van der Waals surface area contributed by atoms with Gasteiger partial charge in [-0.3, -0.25) is 4.79 Å². The van der Waals surface area contributed by atoms with Crippen molar-refractivity contribution in [2.75, 3.05) is 0 Å². The Bertz CT molecular complexity index is 415. The van der Waals surface area contributed by atoms with Crippen LogP contribution in [0.25, 0.3) is 0 Å². The number of Topliss-reactive ketones (excluding diaryl/α,β-unsaturated/α-hetero) is 1. The summed E-state index contributed by atoms with van der Waals surface area (Å²) in [7, 11) is 0. The lowest BCUT2D eigenvalue weighted by atomic mass is 9.81. The van der Waals surface area contributed by atoms with E-state index in [9.17, 15) is 4.79 Å². The molecular weight excluding hydrogens is 208 g/mol. The minimum absolute atomic E-state index is 0.287. The lowest BCUT2D eigenvalue weighted by molar-refractivity contribution is 0.0912. The molecule has 1 atom stereocenters. The summed E-state index contributed by atoms with van der Waals surface area (Å²) in [5.74, 6) is 1.51. The van der Waals surface area contributed by atoms with Crippen LogP contribution in [0.15, 0.2) is 24.3 Å². The van der Waals surface area contributed by atoms with Crippen LogP contribution >= 0.6 is 0 Å². The molecule has 0 amide bonds. The van der Waals surface area contributed by atoms with Crippen molar-refractivity contribution in [2.45, 2.75) is 44.9 Å². The van der Waals surface area contributed by atoms with Gasteiger partial charge in [0.05, 0.1) is 0 Å². The Balaban J connectivity index is 1.69. The van der Waals surface area contributed by atoms with Gasteiger partial charge in [0, 0.05) is 11.5 Å². The van der Waals surface area contributed by atoms with Crippen LogP contribution < -0.4 is 0 Å². The van der Waals surface area contributed by atoms with Crippen LogP contribution in [0.4, 0.5) is 0 Å². The van der Waals surface area contributed by atoms with E-state index in [1.165, 1.54) is 37.7 Å². The molecule has 1 nitrogen and oxygen atoms in total. The van der Waals surface area contributed by atoms with Crippen LogP contribution in [0.1, 0.15) is 54.4 Å². The largest absolute Gasteiger partial charge is 0.294 e. The van der Waals surface area contributed by atoms with Gasteiger partial charge < -0.3 is 0 Å². The van der Waals surface area contributed by atoms with E-state index in [0.717, 1.165) is 24.3 Å². The Morgan fingerprint density at radius 2 is 1.82 bits per heavy atom. The minimum atomic E-state index is 0.287. The summed E-state index contributed by atoms with van der Waals surface area (Å²) in [4.78, 5) is 12.3. The van der Waals surface area contributed by atoms with Crippen LogP contribution in [-0.2, 0) is 6.42 Å². The average Bonchev–Trinajstić information content (AvgIpc) is 2.68. The molecular formula is C16H20O. The van der Waals surface area contributed by atoms with Crippen molar-refractivity contribution in [3.63, 3.8) is 0 Å². The highest BCUT2D eigenvalue weighted by atomic mass is 16.1. The number of carbonyl (C=O) groups is 1. The normalized spacial score (nSPS) is 24.9. The molecule has 0 aromatic heterocycles. The second-order valence-corrected chi connectivity index (χ2v) is 5.66. The Hall–Kier alpha value is -1.11. The molecule has 1 heteroatoms. The van der Waals surface area contributed by atoms with Crippen molar-refractivity contribution in [2.24, 2.45) is 11.8 Å². The molecule has 3 rings (SSSR count). The van der Waals surface area contributed by atoms with Crippen molar-refractivity contribution in [3.05, 3.63) is 35.4 Å². The predicted octanol–water partition coefficient (Wildman–Crippen LogP) is 4.01. The van der Waals surface area contributed by atoms with Crippen molar-refractivity contribution >= 4 is 5.78 Å². The van der Waals surface area contributed by atoms with E-state index >= 15 is 0 Å². The number of benzene rings is 1. The zero-order valence-corrected chi connectivity index (χ0v) is 10.3. The Kier molecular flexibility index (Phi) is 3.00. The summed E-state index contributed by atoms with van der Waals surface area (Å²) in [5.41, 5.74) is 2.27. The summed E-state index contributed by atoms with van der Waals surface area (Å²) in [6.07, 6.45) is 8.96. The summed E-state index contributed by atoms with van der Waals surface area (Å²) < 4.78 is 0. The van der Waals surface area contributed by atoms with Gasteiger partial charge in [-0.05, 0) is 24.3 Å². The third-order valence-electron chi connectivity index (χ3n) is 4.46. The maximum absolute atomic E-state index is 12.3. The summed E-state index contributed by atoms with van der Waals surface area (Å²) in [6, 6.07) is 8.15. The second kappa shape index (κ2) is 4.64. The quantitative estimate of drug-likeness (QED) is 0.747. The lowest BCUT2D eigenvalue weighted by Gasteiger charge is -2.23. The van der Waals surface area contributed by atoms with Crippen LogP contribution in [0.3, 0.4) is 0 Å². The molecule has 0 heterocycles. The molecule has 2 aliphatic carbocycles. The van der Waals surface area contributed by atoms with Crippen LogP contribution in [0, 0.1) is 11.8 Å². The molecule has 1 aromatic rings. The van der Waals surface area contributed by atoms with Crippen molar-refractivity contribution < 1.29 is 4.79 Å². The summed E-state index contributed by atoms with van der Waals surface area (Å²) >= 11 is 0. The van der Waals surface area contributed by atoms with Crippen LogP contribution in [-0.4, -0.2) is 5.78 Å². The van der Waals surface area contributed by atoms with E-state index in [1.54, 1.807) is 0 Å². The molecule has 0 saturated heterocycles. The average molecular weight is 228 g/mol. The zero-order valence-electron chi connectivity index (χ0n) is 10.3. The molecule has 2 aliphatic rings. The molecule has 1 aromatic carbocycles. The van der Waals surface area contributed by atoms with E-state index in [2.05, 4.69) is 12.1 Å². The first-order chi connectivity index (χ1) is 8.34. The standard InChI is InChI=1S/C16H20O/c17-16-14(10-12-6-2-1-3-7-12)11-13-8-4-5-9-15(13)16/h4-5,8-9,12,14H,1-3,6-7,10-11H2. The van der Waals surface area contributed by atoms with E-state index in [-0.39, 0.29) is 5.92 Å². The van der Waals surface area contributed by atoms with Gasteiger partial charge in [0.25, 0.3) is 0 Å². The van der Waals surface area contributed by atoms with Gasteiger partial charge in [-0.25, -0.2) is 0 Å². The molecule has 1 fully saturated rings. The number of carbonyl (C=O) groups excluding carboxylic acids is 1. The van der Waals surface area contributed by atoms with Gasteiger partial charge in [-0.1, -0.05) is 56.4 Å². The molecule has 0 aliphatic heterocycles. The molecule has 1 unspecified atom stereocenters. The third-order valence-corrected chi connectivity index (χ3v) is 4.46. The third kappa shape index (κ3) is 2.15. The fourth-order valence-electron chi connectivity index (χ4n) is 3.53. The van der Waals surface area contributed by atoms with E-state index in [4.69, 9.17) is 0 Å². The number of hydrogen-bond donors (Lipinski definition) is 0. The van der Waals surface area contributed by atoms with Gasteiger partial charge in [0.15, 0.2) is 5.78 Å². The molecule has 0 bridgehead atoms. The van der Waals surface area contributed by atoms with E-state index in [0.29, 0.717) is 5.78 Å². The van der Waals surface area contributed by atoms with Gasteiger partial charge in [0.1, 0.15) is 0 Å². The van der Waals surface area contributed by atoms with Crippen molar-refractivity contribution in [3.8, 4) is 0 Å². The first-order valence-electron chi connectivity index (χ1n) is 6.96. The number of ketones is 1. The van der Waals surface area contributed by atoms with Gasteiger partial charge in [0.2, 0.25) is 0 Å². The lowest BCUT2D eigenvalue weighted by Crippen LogP contribution is -2.16. The number of hydrogen-bond acceptors (Lipinski definition) is 1. The van der Waals surface area contributed by atoms with Gasteiger partial charge in [-0.15, -0.1) is 0 Å². The van der Waals surface area contributed by atoms with Crippen LogP contribution in [0.2, 0.25) is 0 Å². The highest BCUT2D eigenvalue weighted by molar-refractivity contribution is 6.02. The Morgan fingerprint density at radius 3 is 2.59 bits per heavy atom. The topological polar surface area (TPSA) is 17.1 Å². The van der Waals surface area contributed by atoms with Gasteiger partial charge >= 0.3 is 0 Å². The maximum Gasteiger partial charge on any atom is 0.166 e. The smallest absolute Gasteiger partial charge is 0.166 e. The number of fused-ring (bicyclic) bond motifs is 1. The Labute approximate surface area is 103 Å². The predicted molar refractivity (Wildman–Crippen MR) is 69.2 cm³/mol. The molecule has 90 valence electrons.